The Kier molecular flexibility index (Phi) is 6.63. The van der Waals surface area contributed by atoms with E-state index in [9.17, 15) is 9.59 Å². The highest BCUT2D eigenvalue weighted by Gasteiger charge is 2.21. The van der Waals surface area contributed by atoms with Crippen molar-refractivity contribution in [3.05, 3.63) is 15.8 Å². The molecule has 0 aromatic carbocycles. The Morgan fingerprint density at radius 1 is 1.45 bits per heavy atom. The van der Waals surface area contributed by atoms with Crippen LogP contribution in [0.5, 0.6) is 0 Å². The number of amides is 1. The summed E-state index contributed by atoms with van der Waals surface area (Å²) in [5.41, 5.74) is 7.10. The van der Waals surface area contributed by atoms with Crippen molar-refractivity contribution in [1.29, 1.82) is 0 Å². The van der Waals surface area contributed by atoms with Crippen molar-refractivity contribution in [2.75, 3.05) is 26.1 Å². The molecule has 0 fully saturated rings. The fourth-order valence-electron chi connectivity index (χ4n) is 1.64. The van der Waals surface area contributed by atoms with Gasteiger partial charge in [0.1, 0.15) is 4.88 Å². The van der Waals surface area contributed by atoms with E-state index in [1.165, 1.54) is 18.4 Å². The van der Waals surface area contributed by atoms with E-state index in [0.717, 1.165) is 5.56 Å². The average Bonchev–Trinajstić information content (AvgIpc) is 2.79. The highest BCUT2D eigenvalue weighted by atomic mass is 32.1. The van der Waals surface area contributed by atoms with Gasteiger partial charge in [-0.1, -0.05) is 0 Å². The molecule has 1 rings (SSSR count). The highest BCUT2D eigenvalue weighted by Crippen LogP contribution is 2.28. The van der Waals surface area contributed by atoms with Crippen LogP contribution >= 0.6 is 11.3 Å². The second-order valence-electron chi connectivity index (χ2n) is 4.35. The van der Waals surface area contributed by atoms with Gasteiger partial charge in [-0.3, -0.25) is 4.79 Å². The number of thiophene rings is 1. The number of carbonyl (C=O) groups is 2. The van der Waals surface area contributed by atoms with Crippen molar-refractivity contribution < 1.29 is 19.1 Å². The lowest BCUT2D eigenvalue weighted by atomic mass is 10.1. The van der Waals surface area contributed by atoms with E-state index in [4.69, 9.17) is 10.5 Å². The van der Waals surface area contributed by atoms with Crippen LogP contribution in [0, 0.1) is 6.92 Å². The van der Waals surface area contributed by atoms with Crippen LogP contribution in [0.2, 0.25) is 0 Å². The van der Waals surface area contributed by atoms with Gasteiger partial charge in [0.25, 0.3) is 0 Å². The molecule has 7 heteroatoms. The molecule has 0 saturated heterocycles. The summed E-state index contributed by atoms with van der Waals surface area (Å²) in [5, 5.41) is 4.50. The first kappa shape index (κ1) is 16.6. The number of carbonyl (C=O) groups excluding carboxylic acids is 2. The van der Waals surface area contributed by atoms with E-state index in [-0.39, 0.29) is 5.91 Å². The van der Waals surface area contributed by atoms with Gasteiger partial charge in [0.15, 0.2) is 0 Å². The lowest BCUT2D eigenvalue weighted by Crippen LogP contribution is -2.36. The molecule has 0 saturated carbocycles. The fraction of sp³-hybridized carbons (Fsp3) is 0.538. The molecule has 3 N–H and O–H groups in total. The number of nitrogens with one attached hydrogen (secondary N) is 1. The topological polar surface area (TPSA) is 90.6 Å². The maximum atomic E-state index is 12.0. The van der Waals surface area contributed by atoms with Crippen LogP contribution in [0.4, 0.5) is 5.69 Å². The molecule has 0 radical (unpaired) electrons. The van der Waals surface area contributed by atoms with Crippen LogP contribution in [0.3, 0.4) is 0 Å². The Morgan fingerprint density at radius 3 is 2.75 bits per heavy atom. The summed E-state index contributed by atoms with van der Waals surface area (Å²) in [7, 11) is 2.91. The molecule has 1 amide bonds. The number of anilines is 1. The van der Waals surface area contributed by atoms with Gasteiger partial charge < -0.3 is 20.5 Å². The van der Waals surface area contributed by atoms with E-state index in [1.807, 2.05) is 6.92 Å². The number of nitrogens with two attached hydrogens (primary N) is 1. The predicted molar refractivity (Wildman–Crippen MR) is 78.1 cm³/mol. The summed E-state index contributed by atoms with van der Waals surface area (Å²) >= 11 is 1.23. The molecular formula is C13H20N2O4S. The molecule has 1 unspecified atom stereocenters. The lowest BCUT2D eigenvalue weighted by Gasteiger charge is -2.13. The van der Waals surface area contributed by atoms with Gasteiger partial charge in [0.05, 0.1) is 18.8 Å². The molecule has 112 valence electrons. The molecule has 0 spiro atoms. The minimum atomic E-state index is -0.630. The Morgan fingerprint density at radius 2 is 2.15 bits per heavy atom. The number of hydrogen-bond acceptors (Lipinski definition) is 6. The van der Waals surface area contributed by atoms with Crippen molar-refractivity contribution in [3.63, 3.8) is 0 Å². The van der Waals surface area contributed by atoms with Gasteiger partial charge in [-0.15, -0.1) is 11.3 Å². The first-order valence-corrected chi connectivity index (χ1v) is 7.11. The van der Waals surface area contributed by atoms with Gasteiger partial charge in [0.2, 0.25) is 5.91 Å². The summed E-state index contributed by atoms with van der Waals surface area (Å²) in [6, 6.07) is -0.630. The van der Waals surface area contributed by atoms with Crippen LogP contribution in [-0.2, 0) is 14.3 Å². The van der Waals surface area contributed by atoms with Gasteiger partial charge >= 0.3 is 5.97 Å². The Bertz CT molecular complexity index is 473. The van der Waals surface area contributed by atoms with Crippen molar-refractivity contribution in [2.24, 2.45) is 5.73 Å². The zero-order chi connectivity index (χ0) is 15.1. The maximum absolute atomic E-state index is 12.0. The molecular weight excluding hydrogens is 280 g/mol. The molecule has 20 heavy (non-hydrogen) atoms. The van der Waals surface area contributed by atoms with Gasteiger partial charge in [-0.05, 0) is 30.7 Å². The number of hydrogen-bond donors (Lipinski definition) is 2. The van der Waals surface area contributed by atoms with E-state index in [0.29, 0.717) is 30.0 Å². The van der Waals surface area contributed by atoms with E-state index < -0.39 is 12.0 Å². The van der Waals surface area contributed by atoms with Gasteiger partial charge in [-0.25, -0.2) is 4.79 Å². The predicted octanol–water partition coefficient (Wildman–Crippen LogP) is 1.54. The number of aryl methyl sites for hydroxylation is 1. The third-order valence-corrected chi connectivity index (χ3v) is 3.87. The van der Waals surface area contributed by atoms with Crippen molar-refractivity contribution in [3.8, 4) is 0 Å². The number of ether oxygens (including phenoxy) is 2. The minimum absolute atomic E-state index is 0.312. The second-order valence-corrected chi connectivity index (χ2v) is 5.22. The standard InChI is InChI=1S/C13H20N2O4S/c1-8-7-20-11(13(17)19-3)10(8)15-12(16)9(14)5-4-6-18-2/h7,9H,4-6,14H2,1-3H3,(H,15,16). The number of methoxy groups -OCH3 is 2. The molecule has 0 aliphatic heterocycles. The average molecular weight is 300 g/mol. The molecule has 6 nitrogen and oxygen atoms in total. The molecule has 0 bridgehead atoms. The molecule has 1 aromatic heterocycles. The number of esters is 1. The monoisotopic (exact) mass is 300 g/mol. The SMILES string of the molecule is COCCCC(N)C(=O)Nc1c(C)csc1C(=O)OC. The van der Waals surface area contributed by atoms with Crippen molar-refractivity contribution in [2.45, 2.75) is 25.8 Å². The van der Waals surface area contributed by atoms with Gasteiger partial charge in [0, 0.05) is 13.7 Å². The van der Waals surface area contributed by atoms with Crippen LogP contribution in [0.15, 0.2) is 5.38 Å². The van der Waals surface area contributed by atoms with Crippen LogP contribution in [0.25, 0.3) is 0 Å². The Balaban J connectivity index is 2.70. The zero-order valence-corrected chi connectivity index (χ0v) is 12.7. The van der Waals surface area contributed by atoms with Crippen LogP contribution in [0.1, 0.15) is 28.1 Å². The van der Waals surface area contributed by atoms with Crippen molar-refractivity contribution >= 4 is 28.9 Å². The van der Waals surface area contributed by atoms with E-state index in [2.05, 4.69) is 10.1 Å². The third-order valence-electron chi connectivity index (χ3n) is 2.79. The van der Waals surface area contributed by atoms with Crippen LogP contribution in [-0.4, -0.2) is 38.7 Å². The first-order valence-electron chi connectivity index (χ1n) is 6.23. The third kappa shape index (κ3) is 4.29. The summed E-state index contributed by atoms with van der Waals surface area (Å²) in [4.78, 5) is 24.0. The minimum Gasteiger partial charge on any atom is -0.465 e. The smallest absolute Gasteiger partial charge is 0.350 e. The van der Waals surface area contributed by atoms with Gasteiger partial charge in [-0.2, -0.15) is 0 Å². The fourth-order valence-corrected chi connectivity index (χ4v) is 2.56. The highest BCUT2D eigenvalue weighted by molar-refractivity contribution is 7.12. The summed E-state index contributed by atoms with van der Waals surface area (Å²) in [6.07, 6.45) is 1.23. The Labute approximate surface area is 122 Å². The second kappa shape index (κ2) is 7.98. The maximum Gasteiger partial charge on any atom is 0.350 e. The number of rotatable bonds is 7. The van der Waals surface area contributed by atoms with E-state index >= 15 is 0 Å². The largest absolute Gasteiger partial charge is 0.465 e. The van der Waals surface area contributed by atoms with E-state index in [1.54, 1.807) is 12.5 Å². The van der Waals surface area contributed by atoms with Crippen molar-refractivity contribution in [1.82, 2.24) is 0 Å². The summed E-state index contributed by atoms with van der Waals surface area (Å²) in [6.45, 7) is 2.38. The molecule has 0 aliphatic carbocycles. The zero-order valence-electron chi connectivity index (χ0n) is 11.9. The summed E-state index contributed by atoms with van der Waals surface area (Å²) in [5.74, 6) is -0.779. The quantitative estimate of drug-likeness (QED) is 0.589. The lowest BCUT2D eigenvalue weighted by molar-refractivity contribution is -0.117. The molecule has 1 aromatic rings. The Hall–Kier alpha value is -1.44. The molecule has 0 aliphatic rings. The van der Waals surface area contributed by atoms with Crippen LogP contribution < -0.4 is 11.1 Å². The first-order chi connectivity index (χ1) is 9.51. The molecule has 1 heterocycles. The normalized spacial score (nSPS) is 12.0. The molecule has 1 atom stereocenters. The summed E-state index contributed by atoms with van der Waals surface area (Å²) < 4.78 is 9.60.